The molecular weight excluding hydrogens is 264 g/mol. The second-order valence-corrected chi connectivity index (χ2v) is 8.39. The van der Waals surface area contributed by atoms with Gasteiger partial charge in [0.1, 0.15) is 0 Å². The summed E-state index contributed by atoms with van der Waals surface area (Å²) >= 11 is 3.36. The molecular formula is C10H14O3S3. The molecule has 0 saturated carbocycles. The van der Waals surface area contributed by atoms with Crippen LogP contribution in [-0.4, -0.2) is 28.7 Å². The van der Waals surface area contributed by atoms with Gasteiger partial charge in [-0.05, 0) is 24.3 Å². The van der Waals surface area contributed by atoms with E-state index in [0.29, 0.717) is 11.7 Å². The molecule has 16 heavy (non-hydrogen) atoms. The normalized spacial score (nSPS) is 30.8. The fraction of sp³-hybridized carbons (Fsp3) is 0.600. The van der Waals surface area contributed by atoms with Crippen LogP contribution in [0, 0.1) is 0 Å². The molecule has 1 aliphatic heterocycles. The van der Waals surface area contributed by atoms with Crippen molar-refractivity contribution in [2.24, 2.45) is 0 Å². The molecule has 1 aromatic rings. The van der Waals surface area contributed by atoms with E-state index in [0.717, 1.165) is 6.42 Å². The summed E-state index contributed by atoms with van der Waals surface area (Å²) in [6.45, 7) is 1.87. The van der Waals surface area contributed by atoms with Crippen molar-refractivity contribution in [2.75, 3.05) is 0 Å². The van der Waals surface area contributed by atoms with Crippen molar-refractivity contribution in [3.8, 4) is 0 Å². The Morgan fingerprint density at radius 2 is 2.31 bits per heavy atom. The van der Waals surface area contributed by atoms with Gasteiger partial charge in [-0.25, -0.2) is 0 Å². The van der Waals surface area contributed by atoms with Gasteiger partial charge in [-0.15, -0.1) is 11.3 Å². The van der Waals surface area contributed by atoms with Gasteiger partial charge in [0.05, 0.1) is 5.25 Å². The average molecular weight is 278 g/mol. The molecule has 0 aliphatic carbocycles. The van der Waals surface area contributed by atoms with E-state index >= 15 is 0 Å². The number of thioether (sulfide) groups is 1. The molecule has 2 heterocycles. The van der Waals surface area contributed by atoms with Gasteiger partial charge in [-0.3, -0.25) is 4.55 Å². The van der Waals surface area contributed by atoms with Gasteiger partial charge < -0.3 is 0 Å². The largest absolute Gasteiger partial charge is 0.285 e. The average Bonchev–Trinajstić information content (AvgIpc) is 2.74. The highest BCUT2D eigenvalue weighted by Crippen LogP contribution is 2.39. The lowest BCUT2D eigenvalue weighted by Gasteiger charge is -2.08. The van der Waals surface area contributed by atoms with E-state index in [2.05, 4.69) is 6.07 Å². The van der Waals surface area contributed by atoms with E-state index < -0.39 is 15.4 Å². The van der Waals surface area contributed by atoms with E-state index in [1.807, 2.05) is 18.4 Å². The first-order valence-corrected chi connectivity index (χ1v) is 8.43. The molecule has 3 atom stereocenters. The summed E-state index contributed by atoms with van der Waals surface area (Å²) in [6, 6.07) is 4.07. The fourth-order valence-corrected chi connectivity index (χ4v) is 6.12. The van der Waals surface area contributed by atoms with Crippen molar-refractivity contribution < 1.29 is 13.0 Å². The van der Waals surface area contributed by atoms with Crippen LogP contribution in [0.4, 0.5) is 0 Å². The predicted molar refractivity (Wildman–Crippen MR) is 68.8 cm³/mol. The van der Waals surface area contributed by atoms with Gasteiger partial charge in [-0.1, -0.05) is 13.0 Å². The van der Waals surface area contributed by atoms with Crippen LogP contribution in [0.15, 0.2) is 17.5 Å². The van der Waals surface area contributed by atoms with Crippen molar-refractivity contribution in [3.05, 3.63) is 22.4 Å². The van der Waals surface area contributed by atoms with Crippen LogP contribution in [0.5, 0.6) is 0 Å². The van der Waals surface area contributed by atoms with Gasteiger partial charge in [0.15, 0.2) is 0 Å². The molecule has 1 fully saturated rings. The molecule has 3 unspecified atom stereocenters. The molecule has 3 nitrogen and oxygen atoms in total. The van der Waals surface area contributed by atoms with Gasteiger partial charge in [-0.2, -0.15) is 20.2 Å². The highest BCUT2D eigenvalue weighted by Gasteiger charge is 2.39. The van der Waals surface area contributed by atoms with Gasteiger partial charge in [0, 0.05) is 15.4 Å². The molecule has 0 aromatic carbocycles. The standard InChI is InChI=1S/C10H14O3S3/c1-7-10(16(11,12)13)6-9(15-7)5-8-3-2-4-14-8/h2-4,7,9-10H,5-6H2,1H3,(H,11,12,13). The van der Waals surface area contributed by atoms with Crippen LogP contribution in [0.3, 0.4) is 0 Å². The van der Waals surface area contributed by atoms with E-state index in [1.54, 1.807) is 23.1 Å². The summed E-state index contributed by atoms with van der Waals surface area (Å²) in [5.41, 5.74) is 0. The Morgan fingerprint density at radius 1 is 1.56 bits per heavy atom. The van der Waals surface area contributed by atoms with Crippen LogP contribution in [0.2, 0.25) is 0 Å². The third kappa shape index (κ3) is 2.80. The molecule has 1 saturated heterocycles. The minimum atomic E-state index is -3.88. The van der Waals surface area contributed by atoms with Gasteiger partial charge in [0.2, 0.25) is 0 Å². The van der Waals surface area contributed by atoms with Gasteiger partial charge >= 0.3 is 0 Å². The number of rotatable bonds is 3. The first-order chi connectivity index (χ1) is 7.47. The highest BCUT2D eigenvalue weighted by atomic mass is 32.2. The fourth-order valence-electron chi connectivity index (χ4n) is 2.05. The van der Waals surface area contributed by atoms with E-state index in [4.69, 9.17) is 4.55 Å². The van der Waals surface area contributed by atoms with Crippen molar-refractivity contribution in [2.45, 2.75) is 35.5 Å². The first-order valence-electron chi connectivity index (χ1n) is 5.11. The van der Waals surface area contributed by atoms with Crippen LogP contribution in [-0.2, 0) is 16.5 Å². The smallest absolute Gasteiger partial charge is 0.268 e. The minimum absolute atomic E-state index is 0.0139. The van der Waals surface area contributed by atoms with Crippen molar-refractivity contribution in [1.29, 1.82) is 0 Å². The Kier molecular flexibility index (Phi) is 3.63. The molecule has 90 valence electrons. The molecule has 1 aliphatic rings. The van der Waals surface area contributed by atoms with Crippen LogP contribution in [0.1, 0.15) is 18.2 Å². The third-order valence-electron chi connectivity index (χ3n) is 2.82. The Hall–Kier alpha value is -0.0400. The molecule has 0 bridgehead atoms. The zero-order chi connectivity index (χ0) is 11.8. The molecule has 0 radical (unpaired) electrons. The molecule has 1 aromatic heterocycles. The summed E-state index contributed by atoms with van der Waals surface area (Å²) in [5, 5.41) is 1.72. The molecule has 1 N–H and O–H groups in total. The van der Waals surface area contributed by atoms with Crippen LogP contribution in [0.25, 0.3) is 0 Å². The van der Waals surface area contributed by atoms with Crippen molar-refractivity contribution >= 4 is 33.2 Å². The monoisotopic (exact) mass is 278 g/mol. The van der Waals surface area contributed by atoms with Crippen LogP contribution < -0.4 is 0 Å². The third-order valence-corrected chi connectivity index (χ3v) is 6.76. The molecule has 2 rings (SSSR count). The molecule has 0 amide bonds. The Labute approximate surface area is 104 Å². The maximum atomic E-state index is 11.1. The first kappa shape index (κ1) is 12.4. The van der Waals surface area contributed by atoms with Crippen LogP contribution >= 0.6 is 23.1 Å². The second kappa shape index (κ2) is 4.68. The Balaban J connectivity index is 2.02. The summed E-state index contributed by atoms with van der Waals surface area (Å²) < 4.78 is 31.4. The summed E-state index contributed by atoms with van der Waals surface area (Å²) in [5.74, 6) is 0. The Bertz CT molecular complexity index is 438. The number of hydrogen-bond donors (Lipinski definition) is 1. The number of thiophene rings is 1. The topological polar surface area (TPSA) is 54.4 Å². The van der Waals surface area contributed by atoms with Crippen molar-refractivity contribution in [1.82, 2.24) is 0 Å². The maximum absolute atomic E-state index is 11.1. The predicted octanol–water partition coefficient (Wildman–Crippen LogP) is 2.44. The lowest BCUT2D eigenvalue weighted by molar-refractivity contribution is 0.463. The van der Waals surface area contributed by atoms with E-state index in [1.165, 1.54) is 4.88 Å². The lowest BCUT2D eigenvalue weighted by atomic mass is 10.1. The molecule has 0 spiro atoms. The SMILES string of the molecule is CC1SC(Cc2cccs2)CC1S(=O)(=O)O. The lowest BCUT2D eigenvalue weighted by Crippen LogP contribution is -2.25. The Morgan fingerprint density at radius 3 is 2.81 bits per heavy atom. The van der Waals surface area contributed by atoms with Crippen molar-refractivity contribution in [3.63, 3.8) is 0 Å². The summed E-state index contributed by atoms with van der Waals surface area (Å²) in [7, 11) is -3.88. The summed E-state index contributed by atoms with van der Waals surface area (Å²) in [4.78, 5) is 1.28. The number of hydrogen-bond acceptors (Lipinski definition) is 4. The van der Waals surface area contributed by atoms with Gasteiger partial charge in [0.25, 0.3) is 10.1 Å². The summed E-state index contributed by atoms with van der Waals surface area (Å²) in [6.07, 6.45) is 1.46. The zero-order valence-electron chi connectivity index (χ0n) is 8.87. The minimum Gasteiger partial charge on any atom is -0.285 e. The second-order valence-electron chi connectivity index (χ2n) is 4.04. The quantitative estimate of drug-likeness (QED) is 0.863. The van der Waals surface area contributed by atoms with E-state index in [9.17, 15) is 8.42 Å². The molecule has 6 heteroatoms. The highest BCUT2D eigenvalue weighted by molar-refractivity contribution is 8.02. The van der Waals surface area contributed by atoms with E-state index in [-0.39, 0.29) is 5.25 Å². The zero-order valence-corrected chi connectivity index (χ0v) is 11.3. The maximum Gasteiger partial charge on any atom is 0.268 e.